The summed E-state index contributed by atoms with van der Waals surface area (Å²) in [5.74, 6) is -1.76. The summed E-state index contributed by atoms with van der Waals surface area (Å²) in [7, 11) is 0. The fraction of sp³-hybridized carbons (Fsp3) is 0.500. The number of piperidine rings is 1. The van der Waals surface area contributed by atoms with Gasteiger partial charge in [-0.05, 0) is 18.9 Å². The molecule has 1 unspecified atom stereocenters. The Balaban J connectivity index is 1.70. The molecular weight excluding hydrogens is 344 g/mol. The van der Waals surface area contributed by atoms with Gasteiger partial charge in [0.05, 0.1) is 17.2 Å². The van der Waals surface area contributed by atoms with Crippen molar-refractivity contribution in [3.05, 3.63) is 29.3 Å². The second-order valence-corrected chi connectivity index (χ2v) is 6.66. The second kappa shape index (κ2) is 7.28. The first-order chi connectivity index (χ1) is 12.4. The lowest BCUT2D eigenvalue weighted by atomic mass is 10.00. The number of benzene rings is 1. The molecule has 138 valence electrons. The normalized spacial score (nSPS) is 21.3. The maximum atomic E-state index is 13.1. The SMILES string of the molecule is N#Cc1c(C(F)F)cccc1N1CCC(N2CC(C(=O)O)CC2=O)CC1. The summed E-state index contributed by atoms with van der Waals surface area (Å²) in [5, 5.41) is 18.4. The summed E-state index contributed by atoms with van der Waals surface area (Å²) in [6, 6.07) is 6.27. The van der Waals surface area contributed by atoms with Gasteiger partial charge < -0.3 is 14.9 Å². The summed E-state index contributed by atoms with van der Waals surface area (Å²) < 4.78 is 26.2. The molecule has 0 aromatic heterocycles. The van der Waals surface area contributed by atoms with E-state index in [0.29, 0.717) is 31.6 Å². The molecule has 1 aromatic rings. The van der Waals surface area contributed by atoms with Gasteiger partial charge in [0, 0.05) is 37.7 Å². The standard InChI is InChI=1S/C18H19F2N3O3/c19-17(20)13-2-1-3-15(14(13)9-21)22-6-4-12(5-7-22)23-10-11(18(25)26)8-16(23)24/h1-3,11-12,17H,4-8,10H2,(H,25,26). The molecule has 3 rings (SSSR count). The van der Waals surface area contributed by atoms with Gasteiger partial charge in [0.25, 0.3) is 6.43 Å². The minimum absolute atomic E-state index is 0.0101. The minimum Gasteiger partial charge on any atom is -0.481 e. The van der Waals surface area contributed by atoms with Crippen LogP contribution in [0.4, 0.5) is 14.5 Å². The fourth-order valence-electron chi connectivity index (χ4n) is 3.79. The number of amides is 1. The number of carboxylic acids is 1. The van der Waals surface area contributed by atoms with Gasteiger partial charge in [0.2, 0.25) is 5.91 Å². The number of carboxylic acid groups (broad SMARTS) is 1. The molecule has 2 aliphatic heterocycles. The van der Waals surface area contributed by atoms with Gasteiger partial charge >= 0.3 is 5.97 Å². The van der Waals surface area contributed by atoms with Crippen LogP contribution in [0, 0.1) is 17.2 Å². The Morgan fingerprint density at radius 1 is 1.31 bits per heavy atom. The number of likely N-dealkylation sites (tertiary alicyclic amines) is 1. The number of carbonyl (C=O) groups is 2. The van der Waals surface area contributed by atoms with Crippen molar-refractivity contribution in [3.63, 3.8) is 0 Å². The fourth-order valence-corrected chi connectivity index (χ4v) is 3.79. The van der Waals surface area contributed by atoms with Gasteiger partial charge in [-0.3, -0.25) is 9.59 Å². The Morgan fingerprint density at radius 2 is 2.00 bits per heavy atom. The van der Waals surface area contributed by atoms with E-state index in [1.165, 1.54) is 12.1 Å². The van der Waals surface area contributed by atoms with Crippen LogP contribution in [0.3, 0.4) is 0 Å². The van der Waals surface area contributed by atoms with Crippen molar-refractivity contribution in [1.82, 2.24) is 4.90 Å². The van der Waals surface area contributed by atoms with Gasteiger partial charge in [-0.1, -0.05) is 12.1 Å². The van der Waals surface area contributed by atoms with E-state index in [-0.39, 0.29) is 36.0 Å². The number of anilines is 1. The van der Waals surface area contributed by atoms with E-state index in [9.17, 15) is 23.6 Å². The number of halogens is 2. The third-order valence-corrected chi connectivity index (χ3v) is 5.18. The van der Waals surface area contributed by atoms with Crippen LogP contribution in [0.1, 0.15) is 36.8 Å². The highest BCUT2D eigenvalue weighted by Crippen LogP contribution is 2.33. The van der Waals surface area contributed by atoms with Crippen molar-refractivity contribution in [1.29, 1.82) is 5.26 Å². The summed E-state index contributed by atoms with van der Waals surface area (Å²) >= 11 is 0. The number of aliphatic carboxylic acids is 1. The lowest BCUT2D eigenvalue weighted by Crippen LogP contribution is -2.46. The molecule has 0 aliphatic carbocycles. The topological polar surface area (TPSA) is 84.6 Å². The number of hydrogen-bond acceptors (Lipinski definition) is 4. The molecule has 2 heterocycles. The predicted octanol–water partition coefficient (Wildman–Crippen LogP) is 2.40. The average molecular weight is 363 g/mol. The third-order valence-electron chi connectivity index (χ3n) is 5.18. The van der Waals surface area contributed by atoms with Crippen molar-refractivity contribution in [2.75, 3.05) is 24.5 Å². The molecule has 26 heavy (non-hydrogen) atoms. The number of nitriles is 1. The molecule has 2 fully saturated rings. The van der Waals surface area contributed by atoms with Crippen molar-refractivity contribution >= 4 is 17.6 Å². The molecular formula is C18H19F2N3O3. The van der Waals surface area contributed by atoms with E-state index in [1.807, 2.05) is 11.0 Å². The minimum atomic E-state index is -2.71. The Labute approximate surface area is 149 Å². The summed E-state index contributed by atoms with van der Waals surface area (Å²) in [6.45, 7) is 1.27. The molecule has 2 aliphatic rings. The summed E-state index contributed by atoms with van der Waals surface area (Å²) in [5.41, 5.74) is 0.204. The monoisotopic (exact) mass is 363 g/mol. The van der Waals surface area contributed by atoms with E-state index < -0.39 is 18.3 Å². The molecule has 0 radical (unpaired) electrons. The molecule has 1 aromatic carbocycles. The quantitative estimate of drug-likeness (QED) is 0.888. The van der Waals surface area contributed by atoms with Gasteiger partial charge in [0.1, 0.15) is 6.07 Å². The molecule has 6 nitrogen and oxygen atoms in total. The van der Waals surface area contributed by atoms with E-state index >= 15 is 0 Å². The second-order valence-electron chi connectivity index (χ2n) is 6.66. The zero-order valence-corrected chi connectivity index (χ0v) is 14.1. The van der Waals surface area contributed by atoms with Gasteiger partial charge in [-0.15, -0.1) is 0 Å². The molecule has 0 spiro atoms. The van der Waals surface area contributed by atoms with E-state index in [0.717, 1.165) is 0 Å². The van der Waals surface area contributed by atoms with Crippen LogP contribution < -0.4 is 4.90 Å². The zero-order chi connectivity index (χ0) is 18.8. The Kier molecular flexibility index (Phi) is 5.07. The lowest BCUT2D eigenvalue weighted by Gasteiger charge is -2.38. The first kappa shape index (κ1) is 18.1. The number of rotatable bonds is 4. The maximum absolute atomic E-state index is 13.1. The molecule has 0 bridgehead atoms. The number of nitrogens with zero attached hydrogens (tertiary/aromatic N) is 3. The van der Waals surface area contributed by atoms with Crippen LogP contribution in [0.25, 0.3) is 0 Å². The summed E-state index contributed by atoms with van der Waals surface area (Å²) in [4.78, 5) is 26.7. The molecule has 0 saturated carbocycles. The number of carbonyl (C=O) groups excluding carboxylic acids is 1. The molecule has 1 atom stereocenters. The highest BCUT2D eigenvalue weighted by Gasteiger charge is 2.39. The zero-order valence-electron chi connectivity index (χ0n) is 14.1. The van der Waals surface area contributed by atoms with E-state index in [2.05, 4.69) is 0 Å². The van der Waals surface area contributed by atoms with Crippen LogP contribution in [0.15, 0.2) is 18.2 Å². The lowest BCUT2D eigenvalue weighted by molar-refractivity contribution is -0.141. The largest absolute Gasteiger partial charge is 0.481 e. The highest BCUT2D eigenvalue weighted by molar-refractivity contribution is 5.86. The van der Waals surface area contributed by atoms with Crippen LogP contribution in [-0.2, 0) is 9.59 Å². The Morgan fingerprint density at radius 3 is 2.54 bits per heavy atom. The first-order valence-corrected chi connectivity index (χ1v) is 8.50. The van der Waals surface area contributed by atoms with Crippen molar-refractivity contribution in [2.45, 2.75) is 31.7 Å². The molecule has 8 heteroatoms. The summed E-state index contributed by atoms with van der Waals surface area (Å²) in [6.07, 6.45) is -1.45. The Bertz CT molecular complexity index is 755. The van der Waals surface area contributed by atoms with Crippen molar-refractivity contribution < 1.29 is 23.5 Å². The van der Waals surface area contributed by atoms with Crippen LogP contribution in [0.5, 0.6) is 0 Å². The smallest absolute Gasteiger partial charge is 0.308 e. The van der Waals surface area contributed by atoms with Crippen molar-refractivity contribution in [3.8, 4) is 6.07 Å². The van der Waals surface area contributed by atoms with Crippen LogP contribution in [-0.4, -0.2) is 47.6 Å². The van der Waals surface area contributed by atoms with Gasteiger partial charge in [-0.25, -0.2) is 8.78 Å². The number of hydrogen-bond donors (Lipinski definition) is 1. The maximum Gasteiger partial charge on any atom is 0.308 e. The molecule has 1 amide bonds. The highest BCUT2D eigenvalue weighted by atomic mass is 19.3. The third kappa shape index (κ3) is 3.34. The average Bonchev–Trinajstić information content (AvgIpc) is 3.03. The Hall–Kier alpha value is -2.69. The van der Waals surface area contributed by atoms with E-state index in [4.69, 9.17) is 5.11 Å². The van der Waals surface area contributed by atoms with Gasteiger partial charge in [0.15, 0.2) is 0 Å². The van der Waals surface area contributed by atoms with E-state index in [1.54, 1.807) is 11.0 Å². The van der Waals surface area contributed by atoms with Crippen molar-refractivity contribution in [2.24, 2.45) is 5.92 Å². The number of alkyl halides is 2. The molecule has 1 N–H and O–H groups in total. The van der Waals surface area contributed by atoms with Gasteiger partial charge in [-0.2, -0.15) is 5.26 Å². The molecule has 2 saturated heterocycles. The first-order valence-electron chi connectivity index (χ1n) is 8.50. The van der Waals surface area contributed by atoms with Crippen LogP contribution >= 0.6 is 0 Å². The predicted molar refractivity (Wildman–Crippen MR) is 88.8 cm³/mol. The van der Waals surface area contributed by atoms with Crippen LogP contribution in [0.2, 0.25) is 0 Å².